The fourth-order valence-corrected chi connectivity index (χ4v) is 2.52. The second-order valence-electron chi connectivity index (χ2n) is 5.53. The molecule has 1 aromatic carbocycles. The molecule has 0 amide bonds. The van der Waals surface area contributed by atoms with Gasteiger partial charge in [-0.05, 0) is 31.7 Å². The van der Waals surface area contributed by atoms with E-state index in [-0.39, 0.29) is 0 Å². The predicted molar refractivity (Wildman–Crippen MR) is 87.9 cm³/mol. The van der Waals surface area contributed by atoms with Crippen LogP contribution in [0.4, 0.5) is 0 Å². The monoisotopic (exact) mass is 275 g/mol. The van der Waals surface area contributed by atoms with E-state index < -0.39 is 0 Å². The van der Waals surface area contributed by atoms with Crippen LogP contribution in [0.25, 0.3) is 0 Å². The van der Waals surface area contributed by atoms with Gasteiger partial charge in [0.05, 0.1) is 0 Å². The zero-order valence-corrected chi connectivity index (χ0v) is 13.0. The van der Waals surface area contributed by atoms with Crippen LogP contribution in [-0.4, -0.2) is 13.2 Å². The molecule has 0 aromatic heterocycles. The van der Waals surface area contributed by atoms with E-state index in [9.17, 15) is 0 Å². The van der Waals surface area contributed by atoms with Gasteiger partial charge in [0.25, 0.3) is 0 Å². The zero-order chi connectivity index (χ0) is 14.3. The van der Waals surface area contributed by atoms with Gasteiger partial charge in [0.2, 0.25) is 0 Å². The molecule has 113 valence electrons. The summed E-state index contributed by atoms with van der Waals surface area (Å²) < 4.78 is 5.23. The second kappa shape index (κ2) is 13.2. The molecule has 0 unspecified atom stereocenters. The quantitative estimate of drug-likeness (QED) is 0.426. The first-order chi connectivity index (χ1) is 9.93. The summed E-state index contributed by atoms with van der Waals surface area (Å²) in [5.41, 5.74) is 1.48. The normalized spacial score (nSPS) is 10.8. The van der Waals surface area contributed by atoms with E-state index >= 15 is 0 Å². The summed E-state index contributed by atoms with van der Waals surface area (Å²) in [7, 11) is 0. The lowest BCUT2D eigenvalue weighted by Gasteiger charge is -2.03. The van der Waals surface area contributed by atoms with Gasteiger partial charge in [-0.3, -0.25) is 0 Å². The van der Waals surface area contributed by atoms with E-state index in [0.29, 0.717) is 6.61 Å². The number of ether oxygens (including phenoxy) is 1. The van der Waals surface area contributed by atoms with E-state index in [4.69, 9.17) is 4.74 Å². The number of hydrogen-bond donors (Lipinski definition) is 0. The Morgan fingerprint density at radius 3 is 1.85 bits per heavy atom. The summed E-state index contributed by atoms with van der Waals surface area (Å²) in [6.07, 6.45) is 13.4. The number of rotatable bonds is 13. The third kappa shape index (κ3) is 10.0. The fourth-order valence-electron chi connectivity index (χ4n) is 2.52. The Morgan fingerprint density at radius 2 is 1.25 bits per heavy atom. The highest BCUT2D eigenvalue weighted by Crippen LogP contribution is 2.11. The maximum atomic E-state index is 5.23. The van der Waals surface area contributed by atoms with Crippen LogP contribution >= 0.6 is 0 Å². The summed E-state index contributed by atoms with van der Waals surface area (Å²) >= 11 is 0. The largest absolute Gasteiger partial charge is 0.381 e. The summed E-state index contributed by atoms with van der Waals surface area (Å²) in [4.78, 5) is 0. The number of unbranched alkanes of at least 4 members (excludes halogenated alkanes) is 8. The molecular weight excluding hydrogens is 244 g/mol. The highest BCUT2D eigenvalue weighted by molar-refractivity contribution is 5.14. The first kappa shape index (κ1) is 17.2. The van der Waals surface area contributed by atoms with Crippen molar-refractivity contribution < 1.29 is 4.74 Å². The van der Waals surface area contributed by atoms with E-state index in [0.717, 1.165) is 6.61 Å². The van der Waals surface area contributed by atoms with Gasteiger partial charge in [0, 0.05) is 13.2 Å². The van der Waals surface area contributed by atoms with Gasteiger partial charge in [-0.15, -0.1) is 0 Å². The van der Waals surface area contributed by atoms with E-state index in [1.165, 1.54) is 69.8 Å². The van der Waals surface area contributed by atoms with Crippen LogP contribution in [0.15, 0.2) is 30.3 Å². The number of benzene rings is 1. The van der Waals surface area contributed by atoms with Crippen molar-refractivity contribution in [2.45, 2.75) is 64.2 Å². The van der Waals surface area contributed by atoms with Crippen molar-refractivity contribution in [1.82, 2.24) is 0 Å². The van der Waals surface area contributed by atoms with Gasteiger partial charge < -0.3 is 4.74 Å². The van der Waals surface area contributed by atoms with Crippen molar-refractivity contribution in [3.05, 3.63) is 42.8 Å². The van der Waals surface area contributed by atoms with Crippen LogP contribution in [0.5, 0.6) is 0 Å². The Hall–Kier alpha value is -0.820. The Kier molecular flexibility index (Phi) is 11.4. The van der Waals surface area contributed by atoms with Crippen LogP contribution in [0.2, 0.25) is 0 Å². The predicted octanol–water partition coefficient (Wildman–Crippen LogP) is 5.59. The van der Waals surface area contributed by atoms with Crippen molar-refractivity contribution in [3.8, 4) is 0 Å². The van der Waals surface area contributed by atoms with E-state index in [1.807, 2.05) is 0 Å². The minimum absolute atomic E-state index is 0.614. The summed E-state index contributed by atoms with van der Waals surface area (Å²) in [6, 6.07) is 10.8. The zero-order valence-electron chi connectivity index (χ0n) is 13.0. The average Bonchev–Trinajstić information content (AvgIpc) is 2.49. The molecule has 0 bridgehead atoms. The standard InChI is InChI=1S/C19H31O/c1-2-20-18-14-9-7-5-3-4-6-8-11-15-19-16-12-10-13-17-19/h10,12-13,16-17H,1-9,11,14-15,18H2. The van der Waals surface area contributed by atoms with Crippen molar-refractivity contribution in [2.24, 2.45) is 0 Å². The Labute approximate surface area is 125 Å². The highest BCUT2D eigenvalue weighted by atomic mass is 16.5. The molecule has 0 saturated carbocycles. The topological polar surface area (TPSA) is 9.23 Å². The van der Waals surface area contributed by atoms with Crippen molar-refractivity contribution in [3.63, 3.8) is 0 Å². The molecular formula is C19H31O. The molecule has 0 atom stereocenters. The summed E-state index contributed by atoms with van der Waals surface area (Å²) in [6.45, 7) is 5.17. The molecule has 0 fully saturated rings. The molecule has 1 heteroatoms. The van der Waals surface area contributed by atoms with Gasteiger partial charge in [0.15, 0.2) is 0 Å². The Balaban J connectivity index is 1.77. The first-order valence-electron chi connectivity index (χ1n) is 8.34. The van der Waals surface area contributed by atoms with Crippen molar-refractivity contribution in [1.29, 1.82) is 0 Å². The maximum Gasteiger partial charge on any atom is 0.0466 e. The maximum absolute atomic E-state index is 5.23. The van der Waals surface area contributed by atoms with Crippen LogP contribution in [0.1, 0.15) is 63.4 Å². The SMILES string of the molecule is [CH2]COCCCCCCCCCCCc1ccccc1. The molecule has 1 aromatic rings. The van der Waals surface area contributed by atoms with Gasteiger partial charge in [-0.1, -0.05) is 75.3 Å². The van der Waals surface area contributed by atoms with E-state index in [2.05, 4.69) is 37.3 Å². The van der Waals surface area contributed by atoms with Crippen molar-refractivity contribution in [2.75, 3.05) is 13.2 Å². The van der Waals surface area contributed by atoms with Crippen LogP contribution < -0.4 is 0 Å². The lowest BCUT2D eigenvalue weighted by Crippen LogP contribution is -1.93. The molecule has 1 nitrogen and oxygen atoms in total. The molecule has 20 heavy (non-hydrogen) atoms. The molecule has 0 spiro atoms. The molecule has 1 radical (unpaired) electrons. The minimum Gasteiger partial charge on any atom is -0.381 e. The highest BCUT2D eigenvalue weighted by Gasteiger charge is 1.94. The van der Waals surface area contributed by atoms with Crippen LogP contribution in [-0.2, 0) is 11.2 Å². The molecule has 0 aliphatic heterocycles. The minimum atomic E-state index is 0.614. The Morgan fingerprint density at radius 1 is 0.700 bits per heavy atom. The molecule has 0 heterocycles. The Bertz CT molecular complexity index is 294. The molecule has 0 saturated heterocycles. The fraction of sp³-hybridized carbons (Fsp3) is 0.632. The molecule has 0 aliphatic carbocycles. The van der Waals surface area contributed by atoms with Crippen LogP contribution in [0.3, 0.4) is 0 Å². The van der Waals surface area contributed by atoms with Gasteiger partial charge in [-0.2, -0.15) is 0 Å². The second-order valence-corrected chi connectivity index (χ2v) is 5.53. The number of aryl methyl sites for hydroxylation is 1. The number of hydrogen-bond acceptors (Lipinski definition) is 1. The van der Waals surface area contributed by atoms with Gasteiger partial charge in [-0.25, -0.2) is 0 Å². The lowest BCUT2D eigenvalue weighted by atomic mass is 10.0. The molecule has 0 aliphatic rings. The lowest BCUT2D eigenvalue weighted by molar-refractivity contribution is 0.156. The third-order valence-electron chi connectivity index (χ3n) is 3.74. The smallest absolute Gasteiger partial charge is 0.0466 e. The van der Waals surface area contributed by atoms with Gasteiger partial charge >= 0.3 is 0 Å². The summed E-state index contributed by atoms with van der Waals surface area (Å²) in [5, 5.41) is 0. The van der Waals surface area contributed by atoms with Crippen molar-refractivity contribution >= 4 is 0 Å². The first-order valence-corrected chi connectivity index (χ1v) is 8.34. The third-order valence-corrected chi connectivity index (χ3v) is 3.74. The molecule has 0 N–H and O–H groups in total. The summed E-state index contributed by atoms with van der Waals surface area (Å²) in [5.74, 6) is 0. The van der Waals surface area contributed by atoms with Crippen LogP contribution in [0, 0.1) is 6.92 Å². The average molecular weight is 275 g/mol. The molecule has 1 rings (SSSR count). The van der Waals surface area contributed by atoms with E-state index in [1.54, 1.807) is 0 Å². The van der Waals surface area contributed by atoms with Gasteiger partial charge in [0.1, 0.15) is 0 Å².